The summed E-state index contributed by atoms with van der Waals surface area (Å²) in [5.41, 5.74) is 3.25. The van der Waals surface area contributed by atoms with Gasteiger partial charge in [-0.3, -0.25) is 0 Å². The van der Waals surface area contributed by atoms with Gasteiger partial charge in [-0.15, -0.1) is 0 Å². The summed E-state index contributed by atoms with van der Waals surface area (Å²) in [5.74, 6) is 0.911. The van der Waals surface area contributed by atoms with Crippen molar-refractivity contribution in [1.82, 2.24) is 0 Å². The number of esters is 1. The zero-order chi connectivity index (χ0) is 18.2. The molecule has 3 rings (SSSR count). The van der Waals surface area contributed by atoms with Crippen LogP contribution in [-0.4, -0.2) is 5.97 Å². The first kappa shape index (κ1) is 17.5. The molecule has 0 radical (unpaired) electrons. The summed E-state index contributed by atoms with van der Waals surface area (Å²) in [5, 5.41) is 0. The summed E-state index contributed by atoms with van der Waals surface area (Å²) in [7, 11) is 0. The van der Waals surface area contributed by atoms with Crippen molar-refractivity contribution in [3.05, 3.63) is 102 Å². The van der Waals surface area contributed by atoms with E-state index < -0.39 is 5.97 Å². The molecule has 0 aliphatic heterocycles. The fourth-order valence-electron chi connectivity index (χ4n) is 2.45. The molecule has 3 aromatic rings. The lowest BCUT2D eigenvalue weighted by Gasteiger charge is -2.07. The molecule has 0 N–H and O–H groups in total. The van der Waals surface area contributed by atoms with E-state index in [9.17, 15) is 4.79 Å². The Hall–Kier alpha value is -3.33. The topological polar surface area (TPSA) is 35.5 Å². The Balaban J connectivity index is 1.53. The number of ether oxygens (including phenoxy) is 2. The predicted octanol–water partition coefficient (Wildman–Crippen LogP) is 5.19. The number of hydrogen-bond donors (Lipinski definition) is 0. The maximum Gasteiger partial charge on any atom is 0.336 e. The number of aryl methyl sites for hydroxylation is 1. The molecule has 3 nitrogen and oxygen atoms in total. The first-order valence-corrected chi connectivity index (χ1v) is 8.42. The van der Waals surface area contributed by atoms with Gasteiger partial charge in [0.05, 0.1) is 0 Å². The standard InChI is InChI=1S/C23H20O3/c1-18-6-5-7-20(16-18)17-25-21-13-10-19(11-14-21)12-15-23(24)26-22-8-3-2-4-9-22/h2-16H,17H2,1H3. The third-order valence-corrected chi connectivity index (χ3v) is 3.74. The molecule has 3 aromatic carbocycles. The number of para-hydroxylation sites is 1. The van der Waals surface area contributed by atoms with E-state index in [0.717, 1.165) is 16.9 Å². The average Bonchev–Trinajstić information content (AvgIpc) is 2.66. The summed E-state index contributed by atoms with van der Waals surface area (Å²) in [6.07, 6.45) is 3.13. The van der Waals surface area contributed by atoms with E-state index in [-0.39, 0.29) is 0 Å². The van der Waals surface area contributed by atoms with E-state index in [2.05, 4.69) is 19.1 Å². The van der Waals surface area contributed by atoms with Gasteiger partial charge in [0, 0.05) is 6.08 Å². The second kappa shape index (κ2) is 8.67. The molecular formula is C23H20O3. The van der Waals surface area contributed by atoms with Crippen molar-refractivity contribution in [2.24, 2.45) is 0 Å². The third-order valence-electron chi connectivity index (χ3n) is 3.74. The van der Waals surface area contributed by atoms with Gasteiger partial charge >= 0.3 is 5.97 Å². The van der Waals surface area contributed by atoms with Crippen molar-refractivity contribution in [1.29, 1.82) is 0 Å². The molecule has 3 heteroatoms. The van der Waals surface area contributed by atoms with Crippen LogP contribution in [0.2, 0.25) is 0 Å². The van der Waals surface area contributed by atoms with Crippen LogP contribution in [0.4, 0.5) is 0 Å². The lowest BCUT2D eigenvalue weighted by Crippen LogP contribution is -2.03. The van der Waals surface area contributed by atoms with Crippen LogP contribution in [0.3, 0.4) is 0 Å². The van der Waals surface area contributed by atoms with Gasteiger partial charge in [-0.25, -0.2) is 4.79 Å². The van der Waals surface area contributed by atoms with Gasteiger partial charge in [0.1, 0.15) is 18.1 Å². The first-order valence-electron chi connectivity index (χ1n) is 8.42. The van der Waals surface area contributed by atoms with Crippen LogP contribution < -0.4 is 9.47 Å². The van der Waals surface area contributed by atoms with Crippen LogP contribution in [0.1, 0.15) is 16.7 Å². The molecule has 0 saturated carbocycles. The van der Waals surface area contributed by atoms with Gasteiger partial charge in [0.15, 0.2) is 0 Å². The predicted molar refractivity (Wildman–Crippen MR) is 103 cm³/mol. The maximum atomic E-state index is 11.8. The lowest BCUT2D eigenvalue weighted by atomic mass is 10.1. The van der Waals surface area contributed by atoms with Crippen molar-refractivity contribution in [2.45, 2.75) is 13.5 Å². The summed E-state index contributed by atoms with van der Waals surface area (Å²) in [6, 6.07) is 24.8. The summed E-state index contributed by atoms with van der Waals surface area (Å²) in [4.78, 5) is 11.8. The van der Waals surface area contributed by atoms with Crippen molar-refractivity contribution in [2.75, 3.05) is 0 Å². The van der Waals surface area contributed by atoms with Crippen molar-refractivity contribution >= 4 is 12.0 Å². The van der Waals surface area contributed by atoms with Gasteiger partial charge in [0.2, 0.25) is 0 Å². The molecule has 0 saturated heterocycles. The van der Waals surface area contributed by atoms with Crippen LogP contribution in [0.25, 0.3) is 6.08 Å². The lowest BCUT2D eigenvalue weighted by molar-refractivity contribution is -0.128. The zero-order valence-electron chi connectivity index (χ0n) is 14.6. The Morgan fingerprint density at radius 3 is 2.38 bits per heavy atom. The molecule has 0 bridgehead atoms. The fraction of sp³-hybridized carbons (Fsp3) is 0.0870. The number of carbonyl (C=O) groups excluding carboxylic acids is 1. The highest BCUT2D eigenvalue weighted by Gasteiger charge is 2.00. The van der Waals surface area contributed by atoms with Crippen LogP contribution in [0.15, 0.2) is 84.9 Å². The molecule has 0 aromatic heterocycles. The smallest absolute Gasteiger partial charge is 0.336 e. The normalized spacial score (nSPS) is 10.7. The van der Waals surface area contributed by atoms with E-state index in [1.165, 1.54) is 11.6 Å². The quantitative estimate of drug-likeness (QED) is 0.350. The van der Waals surface area contributed by atoms with E-state index >= 15 is 0 Å². The van der Waals surface area contributed by atoms with Crippen molar-refractivity contribution < 1.29 is 14.3 Å². The van der Waals surface area contributed by atoms with E-state index in [1.54, 1.807) is 18.2 Å². The Morgan fingerprint density at radius 2 is 1.65 bits per heavy atom. The highest BCUT2D eigenvalue weighted by atomic mass is 16.5. The van der Waals surface area contributed by atoms with Gasteiger partial charge in [-0.05, 0) is 48.4 Å². The second-order valence-electron chi connectivity index (χ2n) is 5.91. The van der Waals surface area contributed by atoms with Crippen molar-refractivity contribution in [3.8, 4) is 11.5 Å². The third kappa shape index (κ3) is 5.35. The molecule has 0 spiro atoms. The van der Waals surface area contributed by atoms with Gasteiger partial charge in [-0.1, -0.05) is 60.2 Å². The summed E-state index contributed by atoms with van der Waals surface area (Å²) < 4.78 is 11.0. The van der Waals surface area contributed by atoms with Gasteiger partial charge in [0.25, 0.3) is 0 Å². The molecule has 0 unspecified atom stereocenters. The molecular weight excluding hydrogens is 324 g/mol. The van der Waals surface area contributed by atoms with E-state index in [1.807, 2.05) is 54.6 Å². The van der Waals surface area contributed by atoms with Crippen molar-refractivity contribution in [3.63, 3.8) is 0 Å². The molecule has 26 heavy (non-hydrogen) atoms. The number of carbonyl (C=O) groups is 1. The van der Waals surface area contributed by atoms with Crippen LogP contribution >= 0.6 is 0 Å². The van der Waals surface area contributed by atoms with E-state index in [0.29, 0.717) is 12.4 Å². The average molecular weight is 344 g/mol. The minimum atomic E-state index is -0.407. The largest absolute Gasteiger partial charge is 0.489 e. The molecule has 0 amide bonds. The summed E-state index contributed by atoms with van der Waals surface area (Å²) >= 11 is 0. The van der Waals surface area contributed by atoms with Crippen LogP contribution in [-0.2, 0) is 11.4 Å². The highest BCUT2D eigenvalue weighted by molar-refractivity contribution is 5.88. The van der Waals surface area contributed by atoms with Crippen LogP contribution in [0, 0.1) is 6.92 Å². The molecule has 0 fully saturated rings. The Kier molecular flexibility index (Phi) is 5.84. The van der Waals surface area contributed by atoms with Gasteiger partial charge < -0.3 is 9.47 Å². The summed E-state index contributed by atoms with van der Waals surface area (Å²) in [6.45, 7) is 2.59. The highest BCUT2D eigenvalue weighted by Crippen LogP contribution is 2.16. The molecule has 0 heterocycles. The molecule has 0 atom stereocenters. The zero-order valence-corrected chi connectivity index (χ0v) is 14.6. The second-order valence-corrected chi connectivity index (χ2v) is 5.91. The minimum absolute atomic E-state index is 0.407. The monoisotopic (exact) mass is 344 g/mol. The number of hydrogen-bond acceptors (Lipinski definition) is 3. The first-order chi connectivity index (χ1) is 12.7. The maximum absolute atomic E-state index is 11.8. The Morgan fingerprint density at radius 1 is 0.885 bits per heavy atom. The number of rotatable bonds is 6. The fourth-order valence-corrected chi connectivity index (χ4v) is 2.45. The number of benzene rings is 3. The molecule has 130 valence electrons. The van der Waals surface area contributed by atoms with Crippen LogP contribution in [0.5, 0.6) is 11.5 Å². The molecule has 0 aliphatic rings. The SMILES string of the molecule is Cc1cccc(COc2ccc(C=CC(=O)Oc3ccccc3)cc2)c1. The molecule has 0 aliphatic carbocycles. The van der Waals surface area contributed by atoms with Gasteiger partial charge in [-0.2, -0.15) is 0 Å². The Labute approximate surface area is 153 Å². The Bertz CT molecular complexity index is 881. The van der Waals surface area contributed by atoms with E-state index in [4.69, 9.17) is 9.47 Å². The minimum Gasteiger partial charge on any atom is -0.489 e.